The van der Waals surface area contributed by atoms with Crippen molar-refractivity contribution in [3.05, 3.63) is 35.4 Å². The van der Waals surface area contributed by atoms with Crippen molar-refractivity contribution in [2.45, 2.75) is 50.3 Å². The van der Waals surface area contributed by atoms with Crippen LogP contribution in [0.2, 0.25) is 0 Å². The quantitative estimate of drug-likeness (QED) is 0.891. The number of aliphatic hydroxyl groups is 1. The Morgan fingerprint density at radius 1 is 1.19 bits per heavy atom. The van der Waals surface area contributed by atoms with Gasteiger partial charge in [0.1, 0.15) is 0 Å². The number of benzene rings is 1. The standard InChI is InChI=1S/C16H22F3NO/c17-16(18,19)13-8-4-7-12(9-13)14(10-20)15(21)11-5-2-1-3-6-11/h4,7-9,11,14-15,21H,1-3,5-6,10,20H2. The van der Waals surface area contributed by atoms with Gasteiger partial charge in [-0.25, -0.2) is 0 Å². The van der Waals surface area contributed by atoms with Gasteiger partial charge in [-0.2, -0.15) is 13.2 Å². The van der Waals surface area contributed by atoms with Crippen LogP contribution in [0.15, 0.2) is 24.3 Å². The minimum atomic E-state index is -4.37. The molecule has 0 bridgehead atoms. The summed E-state index contributed by atoms with van der Waals surface area (Å²) in [4.78, 5) is 0. The maximum absolute atomic E-state index is 12.8. The van der Waals surface area contributed by atoms with Gasteiger partial charge in [0.15, 0.2) is 0 Å². The molecule has 1 aromatic carbocycles. The molecule has 2 rings (SSSR count). The van der Waals surface area contributed by atoms with Crippen molar-refractivity contribution in [1.82, 2.24) is 0 Å². The highest BCUT2D eigenvalue weighted by molar-refractivity contribution is 5.29. The third-order valence-corrected chi connectivity index (χ3v) is 4.44. The molecule has 2 unspecified atom stereocenters. The summed E-state index contributed by atoms with van der Waals surface area (Å²) in [6, 6.07) is 5.17. The van der Waals surface area contributed by atoms with Crippen molar-refractivity contribution >= 4 is 0 Å². The molecule has 0 amide bonds. The molecule has 0 heterocycles. The molecule has 3 N–H and O–H groups in total. The molecule has 0 spiro atoms. The molecule has 1 aliphatic rings. The van der Waals surface area contributed by atoms with E-state index in [0.29, 0.717) is 5.56 Å². The van der Waals surface area contributed by atoms with Crippen LogP contribution in [-0.4, -0.2) is 17.8 Å². The maximum Gasteiger partial charge on any atom is 0.416 e. The molecule has 21 heavy (non-hydrogen) atoms. The number of aliphatic hydroxyl groups excluding tert-OH is 1. The number of alkyl halides is 3. The van der Waals surface area contributed by atoms with Gasteiger partial charge in [0, 0.05) is 12.5 Å². The van der Waals surface area contributed by atoms with E-state index in [1.807, 2.05) is 0 Å². The molecule has 0 aromatic heterocycles. The maximum atomic E-state index is 12.8. The van der Waals surface area contributed by atoms with Crippen LogP contribution in [0, 0.1) is 5.92 Å². The average Bonchev–Trinajstić information content (AvgIpc) is 2.48. The SMILES string of the molecule is NCC(c1cccc(C(F)(F)F)c1)C(O)C1CCCCC1. The van der Waals surface area contributed by atoms with Crippen LogP contribution in [0.5, 0.6) is 0 Å². The summed E-state index contributed by atoms with van der Waals surface area (Å²) in [5.41, 5.74) is 5.52. The molecular formula is C16H22F3NO. The van der Waals surface area contributed by atoms with Gasteiger partial charge >= 0.3 is 6.18 Å². The third kappa shape index (κ3) is 3.98. The lowest BCUT2D eigenvalue weighted by Crippen LogP contribution is -2.33. The molecule has 2 atom stereocenters. The zero-order valence-electron chi connectivity index (χ0n) is 11.9. The van der Waals surface area contributed by atoms with Gasteiger partial charge in [0.05, 0.1) is 11.7 Å². The number of hydrogen-bond donors (Lipinski definition) is 2. The second kappa shape index (κ2) is 6.79. The number of rotatable bonds is 4. The summed E-state index contributed by atoms with van der Waals surface area (Å²) in [6.07, 6.45) is 0.125. The first-order chi connectivity index (χ1) is 9.93. The molecule has 2 nitrogen and oxygen atoms in total. The Labute approximate surface area is 123 Å². The predicted octanol–water partition coefficient (Wildman–Crippen LogP) is 3.69. The molecule has 0 aliphatic heterocycles. The Bertz CT molecular complexity index is 455. The minimum Gasteiger partial charge on any atom is -0.392 e. The van der Waals surface area contributed by atoms with Gasteiger partial charge in [0.25, 0.3) is 0 Å². The smallest absolute Gasteiger partial charge is 0.392 e. The van der Waals surface area contributed by atoms with Crippen LogP contribution >= 0.6 is 0 Å². The highest BCUT2D eigenvalue weighted by atomic mass is 19.4. The second-order valence-electron chi connectivity index (χ2n) is 5.85. The Hall–Kier alpha value is -1.07. The first kappa shape index (κ1) is 16.3. The monoisotopic (exact) mass is 301 g/mol. The van der Waals surface area contributed by atoms with Gasteiger partial charge in [-0.15, -0.1) is 0 Å². The van der Waals surface area contributed by atoms with E-state index in [1.165, 1.54) is 12.5 Å². The first-order valence-electron chi connectivity index (χ1n) is 7.48. The Morgan fingerprint density at radius 3 is 2.43 bits per heavy atom. The van der Waals surface area contributed by atoms with Crippen LogP contribution in [0.4, 0.5) is 13.2 Å². The van der Waals surface area contributed by atoms with Crippen molar-refractivity contribution in [3.8, 4) is 0 Å². The summed E-state index contributed by atoms with van der Waals surface area (Å²) in [5, 5.41) is 10.5. The van der Waals surface area contributed by atoms with Gasteiger partial charge in [-0.1, -0.05) is 37.5 Å². The molecule has 0 saturated heterocycles. The molecule has 0 radical (unpaired) electrons. The van der Waals surface area contributed by atoms with Crippen molar-refractivity contribution in [1.29, 1.82) is 0 Å². The summed E-state index contributed by atoms with van der Waals surface area (Å²) in [5.74, 6) is -0.294. The topological polar surface area (TPSA) is 46.2 Å². The predicted molar refractivity (Wildman–Crippen MR) is 75.8 cm³/mol. The lowest BCUT2D eigenvalue weighted by molar-refractivity contribution is -0.137. The van der Waals surface area contributed by atoms with Crippen LogP contribution < -0.4 is 5.73 Å². The number of halogens is 3. The second-order valence-corrected chi connectivity index (χ2v) is 5.85. The van der Waals surface area contributed by atoms with E-state index in [1.54, 1.807) is 6.07 Å². The van der Waals surface area contributed by atoms with Crippen molar-refractivity contribution in [3.63, 3.8) is 0 Å². The van der Waals surface area contributed by atoms with Crippen molar-refractivity contribution in [2.75, 3.05) is 6.54 Å². The van der Waals surface area contributed by atoms with E-state index in [9.17, 15) is 18.3 Å². The fourth-order valence-electron chi connectivity index (χ4n) is 3.22. The molecular weight excluding hydrogens is 279 g/mol. The van der Waals surface area contributed by atoms with E-state index in [0.717, 1.165) is 37.8 Å². The van der Waals surface area contributed by atoms with Crippen LogP contribution in [0.3, 0.4) is 0 Å². The normalized spacial score (nSPS) is 20.2. The zero-order chi connectivity index (χ0) is 15.5. The highest BCUT2D eigenvalue weighted by Crippen LogP contribution is 2.35. The minimum absolute atomic E-state index is 0.141. The van der Waals surface area contributed by atoms with Crippen LogP contribution in [0.25, 0.3) is 0 Å². The number of hydrogen-bond acceptors (Lipinski definition) is 2. The van der Waals surface area contributed by atoms with E-state index < -0.39 is 23.8 Å². The highest BCUT2D eigenvalue weighted by Gasteiger charge is 2.33. The lowest BCUT2D eigenvalue weighted by Gasteiger charge is -2.32. The Kier molecular flexibility index (Phi) is 5.27. The Morgan fingerprint density at radius 2 is 1.86 bits per heavy atom. The van der Waals surface area contributed by atoms with E-state index >= 15 is 0 Å². The molecule has 5 heteroatoms. The van der Waals surface area contributed by atoms with Gasteiger partial charge in [0.2, 0.25) is 0 Å². The summed E-state index contributed by atoms with van der Waals surface area (Å²) in [7, 11) is 0. The summed E-state index contributed by atoms with van der Waals surface area (Å²) in [6.45, 7) is 0.152. The fourth-order valence-corrected chi connectivity index (χ4v) is 3.22. The molecule has 1 aliphatic carbocycles. The fraction of sp³-hybridized carbons (Fsp3) is 0.625. The summed E-state index contributed by atoms with van der Waals surface area (Å²) >= 11 is 0. The molecule has 1 fully saturated rings. The van der Waals surface area contributed by atoms with Gasteiger partial charge < -0.3 is 10.8 Å². The molecule has 1 saturated carbocycles. The Balaban J connectivity index is 2.20. The zero-order valence-corrected chi connectivity index (χ0v) is 11.9. The molecule has 1 aromatic rings. The van der Waals surface area contributed by atoms with Gasteiger partial charge in [-0.3, -0.25) is 0 Å². The van der Waals surface area contributed by atoms with Crippen LogP contribution in [-0.2, 0) is 6.18 Å². The number of nitrogens with two attached hydrogens (primary N) is 1. The third-order valence-electron chi connectivity index (χ3n) is 4.44. The van der Waals surface area contributed by atoms with E-state index in [-0.39, 0.29) is 12.5 Å². The van der Waals surface area contributed by atoms with Crippen molar-refractivity contribution < 1.29 is 18.3 Å². The lowest BCUT2D eigenvalue weighted by atomic mass is 9.78. The van der Waals surface area contributed by atoms with Gasteiger partial charge in [-0.05, 0) is 30.4 Å². The molecule has 118 valence electrons. The summed E-state index contributed by atoms with van der Waals surface area (Å²) < 4.78 is 38.4. The van der Waals surface area contributed by atoms with E-state index in [4.69, 9.17) is 5.73 Å². The van der Waals surface area contributed by atoms with Crippen molar-refractivity contribution in [2.24, 2.45) is 11.7 Å². The first-order valence-corrected chi connectivity index (χ1v) is 7.48. The largest absolute Gasteiger partial charge is 0.416 e. The average molecular weight is 301 g/mol. The van der Waals surface area contributed by atoms with Crippen LogP contribution in [0.1, 0.15) is 49.1 Å². The van der Waals surface area contributed by atoms with E-state index in [2.05, 4.69) is 0 Å².